The number of sulfonamides is 1. The molecule has 0 aliphatic heterocycles. The van der Waals surface area contributed by atoms with E-state index >= 15 is 0 Å². The summed E-state index contributed by atoms with van der Waals surface area (Å²) in [4.78, 5) is 12.8. The lowest BCUT2D eigenvalue weighted by Crippen LogP contribution is -2.15. The highest BCUT2D eigenvalue weighted by atomic mass is 35.5. The molecule has 0 saturated carbocycles. The van der Waals surface area contributed by atoms with E-state index in [0.29, 0.717) is 28.0 Å². The maximum atomic E-state index is 13.5. The first-order valence-electron chi connectivity index (χ1n) is 9.81. The summed E-state index contributed by atoms with van der Waals surface area (Å²) < 4.78 is 45.3. The van der Waals surface area contributed by atoms with Crippen LogP contribution in [0, 0.1) is 5.82 Å². The van der Waals surface area contributed by atoms with Gasteiger partial charge in [0.1, 0.15) is 23.6 Å². The van der Waals surface area contributed by atoms with Crippen LogP contribution in [0.25, 0.3) is 22.0 Å². The number of pyridine rings is 1. The summed E-state index contributed by atoms with van der Waals surface area (Å²) >= 11 is 5.89. The summed E-state index contributed by atoms with van der Waals surface area (Å²) in [5.41, 5.74) is 2.89. The Morgan fingerprint density at radius 1 is 1.06 bits per heavy atom. The Bertz CT molecular complexity index is 1450. The van der Waals surface area contributed by atoms with Crippen molar-refractivity contribution in [2.45, 2.75) is 6.92 Å². The molecule has 0 saturated heterocycles. The van der Waals surface area contributed by atoms with E-state index in [4.69, 9.17) is 16.3 Å². The lowest BCUT2D eigenvalue weighted by atomic mass is 10.0. The Kier molecular flexibility index (Phi) is 6.30. The number of nitrogens with zero attached hydrogens (tertiary/aromatic N) is 3. The number of aromatic nitrogens is 3. The van der Waals surface area contributed by atoms with E-state index in [1.54, 1.807) is 18.3 Å². The summed E-state index contributed by atoms with van der Waals surface area (Å²) in [6, 6.07) is 11.4. The number of hydrogen-bond acceptors (Lipinski definition) is 7. The molecule has 0 aliphatic rings. The maximum Gasteiger partial charge on any atom is 0.238 e. The van der Waals surface area contributed by atoms with Gasteiger partial charge in [0.2, 0.25) is 15.9 Å². The second-order valence-electron chi connectivity index (χ2n) is 6.99. The molecule has 2 N–H and O–H groups in total. The van der Waals surface area contributed by atoms with Crippen molar-refractivity contribution in [1.82, 2.24) is 15.0 Å². The van der Waals surface area contributed by atoms with Gasteiger partial charge in [0.25, 0.3) is 0 Å². The molecule has 0 radical (unpaired) electrons. The smallest absolute Gasteiger partial charge is 0.238 e. The SMILES string of the molecule is CCS(=O)(=O)Nc1cc(-c2ccc3ncnc(Nc4ccc(F)c(Cl)c4)c3c2)cnc1OC. The second-order valence-corrected chi connectivity index (χ2v) is 9.41. The number of rotatable bonds is 7. The van der Waals surface area contributed by atoms with Gasteiger partial charge in [-0.1, -0.05) is 17.7 Å². The molecule has 0 aliphatic carbocycles. The van der Waals surface area contributed by atoms with Crippen LogP contribution >= 0.6 is 11.6 Å². The fourth-order valence-corrected chi connectivity index (χ4v) is 3.94. The molecule has 4 rings (SSSR count). The zero-order chi connectivity index (χ0) is 23.6. The highest BCUT2D eigenvalue weighted by Gasteiger charge is 2.15. The predicted octanol–water partition coefficient (Wildman–Crippen LogP) is 5.00. The molecule has 2 aromatic carbocycles. The zero-order valence-electron chi connectivity index (χ0n) is 17.6. The van der Waals surface area contributed by atoms with Gasteiger partial charge in [0, 0.05) is 22.8 Å². The third-order valence-corrected chi connectivity index (χ3v) is 6.42. The van der Waals surface area contributed by atoms with Gasteiger partial charge in [-0.2, -0.15) is 0 Å². The van der Waals surface area contributed by atoms with E-state index in [0.717, 1.165) is 5.56 Å². The molecular formula is C22H19ClFN5O3S. The Morgan fingerprint density at radius 2 is 1.88 bits per heavy atom. The molecule has 11 heteroatoms. The molecule has 0 unspecified atom stereocenters. The Balaban J connectivity index is 1.76. The van der Waals surface area contributed by atoms with Gasteiger partial charge in [0.15, 0.2) is 0 Å². The number of halogens is 2. The van der Waals surface area contributed by atoms with E-state index < -0.39 is 15.8 Å². The van der Waals surface area contributed by atoms with Crippen LogP contribution in [-0.2, 0) is 10.0 Å². The number of methoxy groups -OCH3 is 1. The summed E-state index contributed by atoms with van der Waals surface area (Å²) in [5, 5.41) is 3.82. The second kappa shape index (κ2) is 9.16. The molecule has 33 heavy (non-hydrogen) atoms. The van der Waals surface area contributed by atoms with E-state index in [1.807, 2.05) is 18.2 Å². The van der Waals surface area contributed by atoms with Gasteiger partial charge in [-0.15, -0.1) is 0 Å². The average Bonchev–Trinajstić information content (AvgIpc) is 2.81. The Labute approximate surface area is 194 Å². The average molecular weight is 488 g/mol. The van der Waals surface area contributed by atoms with Crippen molar-refractivity contribution in [3.05, 3.63) is 65.8 Å². The van der Waals surface area contributed by atoms with Crippen molar-refractivity contribution in [1.29, 1.82) is 0 Å². The maximum absolute atomic E-state index is 13.5. The van der Waals surface area contributed by atoms with Crippen LogP contribution < -0.4 is 14.8 Å². The van der Waals surface area contributed by atoms with Crippen molar-refractivity contribution < 1.29 is 17.5 Å². The first-order chi connectivity index (χ1) is 15.8. The topological polar surface area (TPSA) is 106 Å². The summed E-state index contributed by atoms with van der Waals surface area (Å²) in [6.07, 6.45) is 3.00. The number of nitrogens with one attached hydrogen (secondary N) is 2. The molecule has 4 aromatic rings. The zero-order valence-corrected chi connectivity index (χ0v) is 19.2. The summed E-state index contributed by atoms with van der Waals surface area (Å²) in [7, 11) is -2.11. The van der Waals surface area contributed by atoms with Gasteiger partial charge in [-0.25, -0.2) is 27.8 Å². The summed E-state index contributed by atoms with van der Waals surface area (Å²) in [6.45, 7) is 1.54. The Hall–Kier alpha value is -3.50. The van der Waals surface area contributed by atoms with Crippen LogP contribution in [0.5, 0.6) is 5.88 Å². The fraction of sp³-hybridized carbons (Fsp3) is 0.136. The van der Waals surface area contributed by atoms with E-state index in [9.17, 15) is 12.8 Å². The van der Waals surface area contributed by atoms with Gasteiger partial charge in [-0.3, -0.25) is 4.72 Å². The number of benzene rings is 2. The molecule has 170 valence electrons. The van der Waals surface area contributed by atoms with Crippen molar-refractivity contribution >= 4 is 49.7 Å². The van der Waals surface area contributed by atoms with Crippen molar-refractivity contribution in [2.24, 2.45) is 0 Å². The molecule has 0 bridgehead atoms. The van der Waals surface area contributed by atoms with Crippen molar-refractivity contribution in [3.63, 3.8) is 0 Å². The van der Waals surface area contributed by atoms with Crippen molar-refractivity contribution in [3.8, 4) is 17.0 Å². The highest BCUT2D eigenvalue weighted by Crippen LogP contribution is 2.32. The number of ether oxygens (including phenoxy) is 1. The van der Waals surface area contributed by atoms with Crippen LogP contribution in [0.4, 0.5) is 21.6 Å². The third-order valence-electron chi connectivity index (χ3n) is 4.84. The monoisotopic (exact) mass is 487 g/mol. The first kappa shape index (κ1) is 22.7. The molecular weight excluding hydrogens is 469 g/mol. The van der Waals surface area contributed by atoms with Gasteiger partial charge in [0.05, 0.1) is 23.4 Å². The molecule has 0 atom stereocenters. The van der Waals surface area contributed by atoms with Crippen LogP contribution in [0.1, 0.15) is 6.92 Å². The van der Waals surface area contributed by atoms with Gasteiger partial charge in [-0.05, 0) is 48.9 Å². The van der Waals surface area contributed by atoms with Gasteiger partial charge >= 0.3 is 0 Å². The standard InChI is InChI=1S/C22H19ClFN5O3S/c1-3-33(30,31)29-20-9-14(11-25-22(20)32-2)13-4-7-19-16(8-13)21(27-12-26-19)28-15-5-6-18(24)17(23)10-15/h4-12,29H,3H2,1-2H3,(H,26,27,28). The molecule has 0 fully saturated rings. The highest BCUT2D eigenvalue weighted by molar-refractivity contribution is 7.92. The quantitative estimate of drug-likeness (QED) is 0.378. The first-order valence-corrected chi connectivity index (χ1v) is 11.8. The van der Waals surface area contributed by atoms with E-state index in [1.165, 1.54) is 32.5 Å². The van der Waals surface area contributed by atoms with Crippen molar-refractivity contribution in [2.75, 3.05) is 22.9 Å². The molecule has 8 nitrogen and oxygen atoms in total. The lowest BCUT2D eigenvalue weighted by molar-refractivity contribution is 0.400. The molecule has 0 spiro atoms. The molecule has 0 amide bonds. The van der Waals surface area contributed by atoms with E-state index in [-0.39, 0.29) is 22.3 Å². The largest absolute Gasteiger partial charge is 0.480 e. The number of fused-ring (bicyclic) bond motifs is 1. The number of hydrogen-bond donors (Lipinski definition) is 2. The van der Waals surface area contributed by atoms with E-state index in [2.05, 4.69) is 25.0 Å². The van der Waals surface area contributed by atoms with Crippen LogP contribution in [0.15, 0.2) is 55.0 Å². The number of anilines is 3. The molecule has 2 aromatic heterocycles. The minimum atomic E-state index is -3.52. The van der Waals surface area contributed by atoms with Crippen LogP contribution in [0.3, 0.4) is 0 Å². The minimum absolute atomic E-state index is 0.00887. The summed E-state index contributed by atoms with van der Waals surface area (Å²) in [5.74, 6) is 0.0581. The third kappa shape index (κ3) is 4.96. The predicted molar refractivity (Wildman–Crippen MR) is 127 cm³/mol. The Morgan fingerprint density at radius 3 is 2.61 bits per heavy atom. The minimum Gasteiger partial charge on any atom is -0.480 e. The normalized spacial score (nSPS) is 11.4. The van der Waals surface area contributed by atoms with Gasteiger partial charge < -0.3 is 10.1 Å². The lowest BCUT2D eigenvalue weighted by Gasteiger charge is -2.13. The van der Waals surface area contributed by atoms with Crippen LogP contribution in [-0.4, -0.2) is 36.2 Å². The fourth-order valence-electron chi connectivity index (χ4n) is 3.13. The van der Waals surface area contributed by atoms with Crippen LogP contribution in [0.2, 0.25) is 5.02 Å². The molecule has 2 heterocycles.